The molecule has 10 nitrogen and oxygen atoms in total. The fraction of sp³-hybridized carbons (Fsp3) is 0.458. The van der Waals surface area contributed by atoms with E-state index >= 15 is 4.39 Å². The lowest BCUT2D eigenvalue weighted by Crippen LogP contribution is -2.66. The molecule has 1 spiro atoms. The highest BCUT2D eigenvalue weighted by atomic mass is 32.2. The molecule has 1 aromatic carbocycles. The topological polar surface area (TPSA) is 143 Å². The summed E-state index contributed by atoms with van der Waals surface area (Å²) in [5.74, 6) is -2.19. The van der Waals surface area contributed by atoms with Crippen molar-refractivity contribution in [2.45, 2.75) is 48.1 Å². The first-order chi connectivity index (χ1) is 17.7. The highest BCUT2D eigenvalue weighted by molar-refractivity contribution is 7.91. The van der Waals surface area contributed by atoms with Gasteiger partial charge in [-0.05, 0) is 56.0 Å². The Kier molecular flexibility index (Phi) is 6.15. The summed E-state index contributed by atoms with van der Waals surface area (Å²) in [7, 11) is -6.81. The van der Waals surface area contributed by atoms with E-state index in [9.17, 15) is 26.0 Å². The molecule has 0 bridgehead atoms. The second-order valence-electron chi connectivity index (χ2n) is 10.1. The van der Waals surface area contributed by atoms with Gasteiger partial charge in [0.25, 0.3) is 0 Å². The van der Waals surface area contributed by atoms with Crippen LogP contribution in [0.1, 0.15) is 47.8 Å². The maximum absolute atomic E-state index is 15.5. The summed E-state index contributed by atoms with van der Waals surface area (Å²) < 4.78 is 82.7. The van der Waals surface area contributed by atoms with Crippen LogP contribution in [-0.4, -0.2) is 72.3 Å². The van der Waals surface area contributed by atoms with E-state index in [-0.39, 0.29) is 36.6 Å². The number of aromatic nitrogens is 1. The third kappa shape index (κ3) is 3.92. The average molecular weight is 568 g/mol. The number of pyridine rings is 1. The number of carbonyl (C=O) groups excluding carboxylic acids is 1. The summed E-state index contributed by atoms with van der Waals surface area (Å²) in [5, 5.41) is -0.548. The molecule has 1 aliphatic carbocycles. The SMILES string of the molecule is CN1C(N)=N[C@](C)(c2cc(CC(=O)c3ccc(F)cn3)ccc2F)[C@@]2(CCN(S(=O)(=O)C3CC3)C2)S1(=O)=O. The van der Waals surface area contributed by atoms with Gasteiger partial charge in [0.15, 0.2) is 5.78 Å². The Morgan fingerprint density at radius 3 is 2.55 bits per heavy atom. The van der Waals surface area contributed by atoms with E-state index in [0.29, 0.717) is 18.4 Å². The Morgan fingerprint density at radius 2 is 1.92 bits per heavy atom. The zero-order valence-corrected chi connectivity index (χ0v) is 22.4. The quantitative estimate of drug-likeness (QED) is 0.522. The molecule has 1 aromatic heterocycles. The van der Waals surface area contributed by atoms with Crippen molar-refractivity contribution in [1.29, 1.82) is 0 Å². The standard InChI is InChI=1S/C24H27F2N5O5S2/c1-23(18-11-15(3-7-19(18)26)12-21(32)20-8-4-16(25)13-28-20)24(38(35,36)30(2)22(27)29-23)9-10-31(14-24)37(33,34)17-5-6-17/h3-4,7-8,11,13,17H,5-6,9-10,12,14H2,1-2H3,(H2,27,29)/t23-,24+/m1/s1. The predicted molar refractivity (Wildman–Crippen MR) is 135 cm³/mol. The third-order valence-corrected chi connectivity index (χ3v) is 12.8. The molecule has 14 heteroatoms. The van der Waals surface area contributed by atoms with E-state index in [2.05, 4.69) is 9.98 Å². The first-order valence-electron chi connectivity index (χ1n) is 12.0. The Hall–Kier alpha value is -2.97. The van der Waals surface area contributed by atoms with Crippen molar-refractivity contribution in [3.63, 3.8) is 0 Å². The van der Waals surface area contributed by atoms with E-state index in [0.717, 1.165) is 26.9 Å². The van der Waals surface area contributed by atoms with Gasteiger partial charge in [0.1, 0.15) is 27.6 Å². The van der Waals surface area contributed by atoms with Crippen molar-refractivity contribution in [3.05, 3.63) is 65.0 Å². The molecule has 2 aromatic rings. The molecule has 2 aliphatic heterocycles. The van der Waals surface area contributed by atoms with Crippen LogP contribution in [0.3, 0.4) is 0 Å². The van der Waals surface area contributed by atoms with Gasteiger partial charge in [-0.3, -0.25) is 9.78 Å². The van der Waals surface area contributed by atoms with Crippen molar-refractivity contribution in [1.82, 2.24) is 13.6 Å². The summed E-state index contributed by atoms with van der Waals surface area (Å²) in [6.07, 6.45) is 1.59. The molecule has 1 saturated carbocycles. The molecule has 0 radical (unpaired) electrons. The van der Waals surface area contributed by atoms with Gasteiger partial charge < -0.3 is 5.73 Å². The molecule has 3 heterocycles. The van der Waals surface area contributed by atoms with Gasteiger partial charge in [-0.1, -0.05) is 6.07 Å². The number of Topliss-reactive ketones (excluding diaryl/α,β-unsaturated/α-hetero) is 1. The van der Waals surface area contributed by atoms with Gasteiger partial charge in [0, 0.05) is 32.1 Å². The number of aliphatic imine (C=N–C) groups is 1. The predicted octanol–water partition coefficient (Wildman–Crippen LogP) is 1.53. The largest absolute Gasteiger partial charge is 0.369 e. The maximum atomic E-state index is 15.5. The zero-order chi connectivity index (χ0) is 27.7. The monoisotopic (exact) mass is 567 g/mol. The Morgan fingerprint density at radius 1 is 1.21 bits per heavy atom. The Bertz CT molecular complexity index is 1560. The van der Waals surface area contributed by atoms with Gasteiger partial charge in [-0.2, -0.15) is 4.31 Å². The number of guanidine groups is 1. The zero-order valence-electron chi connectivity index (χ0n) is 20.8. The second kappa shape index (κ2) is 8.78. The second-order valence-corrected chi connectivity index (χ2v) is 14.6. The molecule has 1 saturated heterocycles. The summed E-state index contributed by atoms with van der Waals surface area (Å²) in [5.41, 5.74) is 4.43. The summed E-state index contributed by atoms with van der Waals surface area (Å²) in [6.45, 7) is 0.962. The van der Waals surface area contributed by atoms with Gasteiger partial charge >= 0.3 is 0 Å². The van der Waals surface area contributed by atoms with Crippen molar-refractivity contribution < 1.29 is 30.4 Å². The van der Waals surface area contributed by atoms with Gasteiger partial charge in [0.05, 0.1) is 11.4 Å². The van der Waals surface area contributed by atoms with E-state index < -0.39 is 59.5 Å². The number of hydrogen-bond donors (Lipinski definition) is 1. The minimum atomic E-state index is -4.31. The number of benzene rings is 1. The van der Waals surface area contributed by atoms with Crippen LogP contribution in [0, 0.1) is 11.6 Å². The number of halogens is 2. The van der Waals surface area contributed by atoms with E-state index in [1.165, 1.54) is 32.2 Å². The van der Waals surface area contributed by atoms with Gasteiger partial charge in [-0.25, -0.2) is 34.9 Å². The van der Waals surface area contributed by atoms with Crippen LogP contribution in [0.5, 0.6) is 0 Å². The number of nitrogens with two attached hydrogens (primary N) is 1. The van der Waals surface area contributed by atoms with Crippen molar-refractivity contribution in [2.75, 3.05) is 20.1 Å². The Labute approximate surface area is 219 Å². The lowest BCUT2D eigenvalue weighted by atomic mass is 9.77. The van der Waals surface area contributed by atoms with Gasteiger partial charge in [0.2, 0.25) is 26.0 Å². The molecule has 2 N–H and O–H groups in total. The normalized spacial score (nSPS) is 27.5. The number of rotatable bonds is 6. The summed E-state index contributed by atoms with van der Waals surface area (Å²) >= 11 is 0. The number of hydrogen-bond acceptors (Lipinski definition) is 8. The Balaban J connectivity index is 1.60. The van der Waals surface area contributed by atoms with Crippen molar-refractivity contribution >= 4 is 31.8 Å². The van der Waals surface area contributed by atoms with Crippen LogP contribution in [0.15, 0.2) is 41.5 Å². The maximum Gasteiger partial charge on any atom is 0.247 e. The van der Waals surface area contributed by atoms with Crippen LogP contribution in [0.4, 0.5) is 8.78 Å². The number of ketones is 1. The van der Waals surface area contributed by atoms with Crippen LogP contribution in [0.25, 0.3) is 0 Å². The van der Waals surface area contributed by atoms with Gasteiger partial charge in [-0.15, -0.1) is 0 Å². The fourth-order valence-corrected chi connectivity index (χ4v) is 9.48. The molecule has 204 valence electrons. The smallest absolute Gasteiger partial charge is 0.247 e. The molecule has 2 atom stereocenters. The number of sulfonamides is 2. The summed E-state index contributed by atoms with van der Waals surface area (Å²) in [4.78, 5) is 21.0. The minimum Gasteiger partial charge on any atom is -0.369 e. The molecule has 0 unspecified atom stereocenters. The van der Waals surface area contributed by atoms with Crippen molar-refractivity contribution in [2.24, 2.45) is 10.7 Å². The van der Waals surface area contributed by atoms with Crippen molar-refractivity contribution in [3.8, 4) is 0 Å². The van der Waals surface area contributed by atoms with Crippen LogP contribution < -0.4 is 5.73 Å². The molecule has 3 aliphatic rings. The molecular weight excluding hydrogens is 540 g/mol. The third-order valence-electron chi connectivity index (χ3n) is 7.84. The van der Waals surface area contributed by atoms with Crippen LogP contribution >= 0.6 is 0 Å². The fourth-order valence-electron chi connectivity index (χ4n) is 5.37. The van der Waals surface area contributed by atoms with Crippen LogP contribution in [-0.2, 0) is 32.0 Å². The lowest BCUT2D eigenvalue weighted by molar-refractivity contribution is 0.0988. The summed E-state index contributed by atoms with van der Waals surface area (Å²) in [6, 6.07) is 6.18. The van der Waals surface area contributed by atoms with E-state index in [1.54, 1.807) is 0 Å². The number of carbonyl (C=O) groups is 1. The van der Waals surface area contributed by atoms with E-state index in [4.69, 9.17) is 5.73 Å². The van der Waals surface area contributed by atoms with E-state index in [1.807, 2.05) is 0 Å². The highest BCUT2D eigenvalue weighted by Crippen LogP contribution is 2.52. The first kappa shape index (κ1) is 26.6. The molecular formula is C24H27F2N5O5S2. The minimum absolute atomic E-state index is 0.0146. The molecule has 5 rings (SSSR count). The average Bonchev–Trinajstić information content (AvgIpc) is 3.62. The first-order valence-corrected chi connectivity index (χ1v) is 14.9. The lowest BCUT2D eigenvalue weighted by Gasteiger charge is -2.48. The molecule has 0 amide bonds. The molecule has 38 heavy (non-hydrogen) atoms. The number of nitrogens with zero attached hydrogens (tertiary/aromatic N) is 4. The van der Waals surface area contributed by atoms with Crippen LogP contribution in [0.2, 0.25) is 0 Å². The highest BCUT2D eigenvalue weighted by Gasteiger charge is 2.67. The molecule has 2 fully saturated rings.